The van der Waals surface area contributed by atoms with E-state index in [4.69, 9.17) is 5.73 Å². The topological polar surface area (TPSA) is 26.0 Å². The van der Waals surface area contributed by atoms with Crippen molar-refractivity contribution in [3.63, 3.8) is 0 Å². The van der Waals surface area contributed by atoms with E-state index in [2.05, 4.69) is 25.1 Å². The Morgan fingerprint density at radius 1 is 1.31 bits per heavy atom. The molecule has 0 radical (unpaired) electrons. The number of benzene rings is 1. The van der Waals surface area contributed by atoms with Crippen LogP contribution in [-0.2, 0) is 12.8 Å². The van der Waals surface area contributed by atoms with Crippen molar-refractivity contribution in [3.8, 4) is 0 Å². The minimum Gasteiger partial charge on any atom is -0.328 e. The summed E-state index contributed by atoms with van der Waals surface area (Å²) in [7, 11) is 0. The molecule has 0 saturated heterocycles. The van der Waals surface area contributed by atoms with E-state index in [-0.39, 0.29) is 0 Å². The second-order valence-corrected chi connectivity index (χ2v) is 5.92. The van der Waals surface area contributed by atoms with Crippen molar-refractivity contribution in [3.05, 3.63) is 29.3 Å². The van der Waals surface area contributed by atoms with E-state index in [0.29, 0.717) is 6.04 Å². The summed E-state index contributed by atoms with van der Waals surface area (Å²) in [5.41, 5.74) is 8.89. The fourth-order valence-electron chi connectivity index (χ4n) is 2.23. The lowest BCUT2D eigenvalue weighted by Gasteiger charge is -2.06. The van der Waals surface area contributed by atoms with Gasteiger partial charge in [-0.2, -0.15) is 0 Å². The first-order chi connectivity index (χ1) is 7.75. The van der Waals surface area contributed by atoms with Gasteiger partial charge in [0.2, 0.25) is 0 Å². The number of aryl methyl sites for hydroxylation is 2. The first kappa shape index (κ1) is 12.0. The lowest BCUT2D eigenvalue weighted by molar-refractivity contribution is 0.656. The molecular weight excluding hydrogens is 214 g/mol. The Morgan fingerprint density at radius 2 is 2.12 bits per heavy atom. The van der Waals surface area contributed by atoms with E-state index in [1.54, 1.807) is 11.1 Å². The number of hydrogen-bond acceptors (Lipinski definition) is 2. The van der Waals surface area contributed by atoms with Gasteiger partial charge in [-0.3, -0.25) is 0 Å². The molecule has 0 fully saturated rings. The van der Waals surface area contributed by atoms with Gasteiger partial charge in [-0.05, 0) is 68.0 Å². The minimum atomic E-state index is 0.348. The number of rotatable bonds is 5. The summed E-state index contributed by atoms with van der Waals surface area (Å²) in [6, 6.07) is 7.33. The molecule has 0 aromatic heterocycles. The Labute approximate surface area is 103 Å². The third-order valence-corrected chi connectivity index (χ3v) is 4.22. The fourth-order valence-corrected chi connectivity index (χ4v) is 3.17. The molecule has 16 heavy (non-hydrogen) atoms. The molecule has 1 aromatic carbocycles. The van der Waals surface area contributed by atoms with E-state index >= 15 is 0 Å². The van der Waals surface area contributed by atoms with Gasteiger partial charge in [0.15, 0.2) is 0 Å². The summed E-state index contributed by atoms with van der Waals surface area (Å²) in [4.78, 5) is 1.44. The average Bonchev–Trinajstić information content (AvgIpc) is 2.71. The molecule has 1 atom stereocenters. The first-order valence-corrected chi connectivity index (χ1v) is 7.24. The quantitative estimate of drug-likeness (QED) is 0.625. The van der Waals surface area contributed by atoms with Crippen LogP contribution in [0.5, 0.6) is 0 Å². The summed E-state index contributed by atoms with van der Waals surface area (Å²) in [5.74, 6) is 1.19. The number of thioether (sulfide) groups is 1. The van der Waals surface area contributed by atoms with E-state index in [1.807, 2.05) is 11.8 Å². The molecule has 2 rings (SSSR count). The third kappa shape index (κ3) is 3.26. The molecule has 88 valence electrons. The molecule has 0 heterocycles. The van der Waals surface area contributed by atoms with Gasteiger partial charge < -0.3 is 5.73 Å². The molecule has 0 amide bonds. The number of fused-ring (bicyclic) bond motifs is 1. The monoisotopic (exact) mass is 235 g/mol. The molecule has 0 bridgehead atoms. The molecular formula is C14H21NS. The Morgan fingerprint density at radius 3 is 2.94 bits per heavy atom. The maximum atomic E-state index is 5.74. The van der Waals surface area contributed by atoms with Crippen molar-refractivity contribution >= 4 is 11.8 Å². The zero-order valence-electron chi connectivity index (χ0n) is 10.0. The molecule has 1 aliphatic carbocycles. The Bertz CT molecular complexity index is 347. The fraction of sp³-hybridized carbons (Fsp3) is 0.571. The van der Waals surface area contributed by atoms with Crippen LogP contribution in [0.4, 0.5) is 0 Å². The van der Waals surface area contributed by atoms with Gasteiger partial charge in [0.1, 0.15) is 0 Å². The Balaban J connectivity index is 1.81. The normalized spacial score (nSPS) is 16.1. The van der Waals surface area contributed by atoms with Crippen LogP contribution in [0.2, 0.25) is 0 Å². The van der Waals surface area contributed by atoms with E-state index < -0.39 is 0 Å². The molecule has 1 aliphatic rings. The van der Waals surface area contributed by atoms with Crippen LogP contribution < -0.4 is 5.73 Å². The molecule has 0 aliphatic heterocycles. The van der Waals surface area contributed by atoms with Gasteiger partial charge in [-0.15, -0.1) is 11.8 Å². The second kappa shape index (κ2) is 5.74. The van der Waals surface area contributed by atoms with Crippen LogP contribution in [0.3, 0.4) is 0 Å². The Hall–Kier alpha value is -0.470. The lowest BCUT2D eigenvalue weighted by Crippen LogP contribution is -2.14. The number of hydrogen-bond donors (Lipinski definition) is 1. The molecule has 2 heteroatoms. The molecule has 1 aromatic rings. The van der Waals surface area contributed by atoms with Gasteiger partial charge in [0.05, 0.1) is 0 Å². The van der Waals surface area contributed by atoms with Crippen molar-refractivity contribution in [1.29, 1.82) is 0 Å². The van der Waals surface area contributed by atoms with Gasteiger partial charge in [-0.25, -0.2) is 0 Å². The summed E-state index contributed by atoms with van der Waals surface area (Å²) < 4.78 is 0. The van der Waals surface area contributed by atoms with Gasteiger partial charge in [0, 0.05) is 10.9 Å². The third-order valence-electron chi connectivity index (χ3n) is 3.14. The molecule has 2 N–H and O–H groups in total. The van der Waals surface area contributed by atoms with Crippen molar-refractivity contribution in [1.82, 2.24) is 0 Å². The second-order valence-electron chi connectivity index (χ2n) is 4.75. The van der Waals surface area contributed by atoms with Crippen LogP contribution >= 0.6 is 11.8 Å². The summed E-state index contributed by atoms with van der Waals surface area (Å²) in [6.07, 6.45) is 6.26. The minimum absolute atomic E-state index is 0.348. The highest BCUT2D eigenvalue weighted by Crippen LogP contribution is 2.27. The zero-order chi connectivity index (χ0) is 11.4. The highest BCUT2D eigenvalue weighted by molar-refractivity contribution is 7.99. The summed E-state index contributed by atoms with van der Waals surface area (Å²) >= 11 is 1.97. The molecule has 0 spiro atoms. The van der Waals surface area contributed by atoms with E-state index in [1.165, 1.54) is 36.3 Å². The largest absolute Gasteiger partial charge is 0.328 e. The molecule has 1 nitrogen and oxygen atoms in total. The highest BCUT2D eigenvalue weighted by atomic mass is 32.2. The molecule has 0 saturated carbocycles. The van der Waals surface area contributed by atoms with Crippen LogP contribution in [0.15, 0.2) is 23.1 Å². The van der Waals surface area contributed by atoms with Crippen LogP contribution in [-0.4, -0.2) is 11.8 Å². The molecule has 1 unspecified atom stereocenters. The maximum absolute atomic E-state index is 5.74. The van der Waals surface area contributed by atoms with Gasteiger partial charge in [0.25, 0.3) is 0 Å². The van der Waals surface area contributed by atoms with E-state index in [9.17, 15) is 0 Å². The average molecular weight is 235 g/mol. The van der Waals surface area contributed by atoms with Crippen molar-refractivity contribution in [2.24, 2.45) is 5.73 Å². The summed E-state index contributed by atoms with van der Waals surface area (Å²) in [5, 5.41) is 0. The van der Waals surface area contributed by atoms with Gasteiger partial charge >= 0.3 is 0 Å². The van der Waals surface area contributed by atoms with Crippen LogP contribution in [0, 0.1) is 0 Å². The first-order valence-electron chi connectivity index (χ1n) is 6.26. The number of nitrogens with two attached hydrogens (primary N) is 1. The predicted octanol–water partition coefficient (Wildman–Crippen LogP) is 3.39. The van der Waals surface area contributed by atoms with Crippen LogP contribution in [0.25, 0.3) is 0 Å². The van der Waals surface area contributed by atoms with Crippen molar-refractivity contribution < 1.29 is 0 Å². The van der Waals surface area contributed by atoms with Crippen LogP contribution in [0.1, 0.15) is 37.3 Å². The maximum Gasteiger partial charge on any atom is 0.00748 e. The van der Waals surface area contributed by atoms with Crippen molar-refractivity contribution in [2.75, 3.05) is 5.75 Å². The predicted molar refractivity (Wildman–Crippen MR) is 72.1 cm³/mol. The van der Waals surface area contributed by atoms with Crippen molar-refractivity contribution in [2.45, 2.75) is 50.0 Å². The highest BCUT2D eigenvalue weighted by Gasteiger charge is 2.10. The summed E-state index contributed by atoms with van der Waals surface area (Å²) in [6.45, 7) is 2.08. The lowest BCUT2D eigenvalue weighted by atomic mass is 10.1. The van der Waals surface area contributed by atoms with Gasteiger partial charge in [-0.1, -0.05) is 6.07 Å². The standard InChI is InChI=1S/C14H21NS/c1-11(15)4-3-9-16-14-8-7-12-5-2-6-13(12)10-14/h7-8,10-11H,2-6,9,15H2,1H3. The zero-order valence-corrected chi connectivity index (χ0v) is 10.9. The smallest absolute Gasteiger partial charge is 0.00748 e. The SMILES string of the molecule is CC(N)CCCSc1ccc2c(c1)CCC2. The van der Waals surface area contributed by atoms with E-state index in [0.717, 1.165) is 6.42 Å². The Kier molecular flexibility index (Phi) is 4.30.